The maximum atomic E-state index is 4.95. The van der Waals surface area contributed by atoms with Crippen molar-refractivity contribution in [3.63, 3.8) is 0 Å². The fourth-order valence-electron chi connectivity index (χ4n) is 3.39. The maximum Gasteiger partial charge on any atom is 0.143 e. The van der Waals surface area contributed by atoms with Crippen molar-refractivity contribution in [2.75, 3.05) is 33.7 Å². The molecule has 3 aromatic rings. The van der Waals surface area contributed by atoms with Crippen molar-refractivity contribution in [2.45, 2.75) is 27.3 Å². The smallest absolute Gasteiger partial charge is 0.143 e. The van der Waals surface area contributed by atoms with Gasteiger partial charge in [0.15, 0.2) is 0 Å². The molecule has 3 heterocycles. The summed E-state index contributed by atoms with van der Waals surface area (Å²) in [6.07, 6.45) is 8.33. The van der Waals surface area contributed by atoms with Crippen LogP contribution in [-0.2, 0) is 6.54 Å². The number of fused-ring (bicyclic) bond motifs is 1. The highest BCUT2D eigenvalue weighted by molar-refractivity contribution is 7.46. The minimum Gasteiger partial charge on any atom is -0.320 e. The van der Waals surface area contributed by atoms with E-state index in [0.29, 0.717) is 0 Å². The van der Waals surface area contributed by atoms with Crippen LogP contribution in [0.5, 0.6) is 0 Å². The van der Waals surface area contributed by atoms with Gasteiger partial charge in [-0.25, -0.2) is 15.4 Å². The van der Waals surface area contributed by atoms with Crippen LogP contribution in [0.3, 0.4) is 0 Å². The van der Waals surface area contributed by atoms with Gasteiger partial charge < -0.3 is 15.6 Å². The van der Waals surface area contributed by atoms with Crippen molar-refractivity contribution in [1.29, 1.82) is 0 Å². The fraction of sp³-hybridized carbons (Fsp3) is 0.409. The number of allylic oxidation sites excluding steroid dienone is 1. The van der Waals surface area contributed by atoms with Crippen LogP contribution in [0.15, 0.2) is 24.4 Å². The molecule has 0 saturated heterocycles. The fourth-order valence-corrected chi connectivity index (χ4v) is 5.31. The van der Waals surface area contributed by atoms with Gasteiger partial charge in [0.1, 0.15) is 21.8 Å². The number of hydrogen-bond donors (Lipinski definition) is 3. The summed E-state index contributed by atoms with van der Waals surface area (Å²) < 4.78 is 2.18. The van der Waals surface area contributed by atoms with Crippen molar-refractivity contribution in [1.82, 2.24) is 35.4 Å². The number of imidazole rings is 1. The number of rotatable bonds is 11. The topological polar surface area (TPSA) is 69.5 Å². The lowest BCUT2D eigenvalue weighted by Crippen LogP contribution is -2.30. The van der Waals surface area contributed by atoms with Crippen LogP contribution in [0.2, 0.25) is 0 Å². The minimum atomic E-state index is 0.832. The van der Waals surface area contributed by atoms with E-state index < -0.39 is 0 Å². The number of thiazole rings is 1. The van der Waals surface area contributed by atoms with Gasteiger partial charge in [0, 0.05) is 32.4 Å². The zero-order valence-electron chi connectivity index (χ0n) is 19.0. The molecule has 3 aromatic heterocycles. The molecule has 0 fully saturated rings. The average molecular weight is 458 g/mol. The third-order valence-corrected chi connectivity index (χ3v) is 6.81. The first-order valence-corrected chi connectivity index (χ1v) is 12.4. The molecule has 31 heavy (non-hydrogen) atoms. The average Bonchev–Trinajstić information content (AvgIpc) is 3.32. The molecule has 0 aliphatic rings. The van der Waals surface area contributed by atoms with Crippen LogP contribution in [0.25, 0.3) is 22.0 Å². The van der Waals surface area contributed by atoms with Crippen molar-refractivity contribution < 1.29 is 0 Å². The van der Waals surface area contributed by atoms with Crippen LogP contribution >= 0.6 is 19.5 Å². The van der Waals surface area contributed by atoms with E-state index >= 15 is 0 Å². The Bertz CT molecular complexity index is 1070. The van der Waals surface area contributed by atoms with E-state index in [9.17, 15) is 0 Å². The summed E-state index contributed by atoms with van der Waals surface area (Å²) in [6, 6.07) is 4.25. The molecule has 3 rings (SSSR count). The molecule has 3 N–H and O–H groups in total. The van der Waals surface area contributed by atoms with Crippen molar-refractivity contribution >= 4 is 42.6 Å². The molecular weight excluding hydrogens is 425 g/mol. The summed E-state index contributed by atoms with van der Waals surface area (Å²) >= 11 is 1.68. The monoisotopic (exact) mass is 457 g/mol. The second-order valence-corrected chi connectivity index (χ2v) is 9.08. The first-order valence-electron chi connectivity index (χ1n) is 10.5. The van der Waals surface area contributed by atoms with E-state index in [2.05, 4.69) is 77.1 Å². The molecule has 0 amide bonds. The van der Waals surface area contributed by atoms with E-state index in [-0.39, 0.29) is 0 Å². The Hall–Kier alpha value is -2.09. The number of aromatic nitrogens is 3. The second-order valence-electron chi connectivity index (χ2n) is 7.34. The molecular formula is C22H32N7PS. The molecule has 0 saturated carbocycles. The summed E-state index contributed by atoms with van der Waals surface area (Å²) in [5.41, 5.74) is 12.7. The van der Waals surface area contributed by atoms with Gasteiger partial charge in [0.25, 0.3) is 0 Å². The largest absolute Gasteiger partial charge is 0.320 e. The Morgan fingerprint density at radius 1 is 1.35 bits per heavy atom. The quantitative estimate of drug-likeness (QED) is 0.304. The third kappa shape index (κ3) is 5.40. The van der Waals surface area contributed by atoms with Gasteiger partial charge in [-0.1, -0.05) is 33.6 Å². The highest BCUT2D eigenvalue weighted by Crippen LogP contribution is 2.32. The Morgan fingerprint density at radius 3 is 2.84 bits per heavy atom. The molecule has 0 aliphatic carbocycles. The first kappa shape index (κ1) is 23.6. The predicted molar refractivity (Wildman–Crippen MR) is 135 cm³/mol. The van der Waals surface area contributed by atoms with Crippen LogP contribution < -0.4 is 21.6 Å². The third-order valence-electron chi connectivity index (χ3n) is 4.94. The predicted octanol–water partition coefficient (Wildman–Crippen LogP) is 2.90. The zero-order valence-corrected chi connectivity index (χ0v) is 20.7. The van der Waals surface area contributed by atoms with Crippen LogP contribution in [-0.4, -0.2) is 59.3 Å². The second kappa shape index (κ2) is 11.0. The van der Waals surface area contributed by atoms with E-state index in [4.69, 9.17) is 9.97 Å². The number of aryl methyl sites for hydroxylation is 1. The van der Waals surface area contributed by atoms with E-state index in [1.54, 1.807) is 11.3 Å². The molecule has 0 radical (unpaired) electrons. The summed E-state index contributed by atoms with van der Waals surface area (Å²) in [4.78, 5) is 13.1. The zero-order chi connectivity index (χ0) is 22.4. The van der Waals surface area contributed by atoms with Gasteiger partial charge in [-0.05, 0) is 39.6 Å². The highest BCUT2D eigenvalue weighted by atomic mass is 32.1. The molecule has 0 atom stereocenters. The summed E-state index contributed by atoms with van der Waals surface area (Å²) in [5, 5.41) is 4.17. The van der Waals surface area contributed by atoms with Gasteiger partial charge >= 0.3 is 0 Å². The number of hydrazine groups is 1. The van der Waals surface area contributed by atoms with Gasteiger partial charge in [-0.2, -0.15) is 0 Å². The first-order chi connectivity index (χ1) is 15.0. The molecule has 0 bridgehead atoms. The molecule has 166 valence electrons. The summed E-state index contributed by atoms with van der Waals surface area (Å²) in [7, 11) is 5.02. The van der Waals surface area contributed by atoms with E-state index in [1.165, 1.54) is 5.56 Å². The number of nitrogens with zero attached hydrogens (tertiary/aromatic N) is 4. The van der Waals surface area contributed by atoms with Gasteiger partial charge in [0.05, 0.1) is 16.3 Å². The lowest BCUT2D eigenvalue weighted by atomic mass is 10.2. The SMILES string of the molecule is C=Pc1nc(-c2c(C)nc3ccc(CN(C)CCNC)cn23)sc1C(=CC)NNCC. The molecule has 7 nitrogen and oxygen atoms in total. The number of hydrogen-bond acceptors (Lipinski definition) is 7. The normalized spacial score (nSPS) is 12.4. The van der Waals surface area contributed by atoms with Crippen LogP contribution in [0.4, 0.5) is 0 Å². The number of likely N-dealkylation sites (N-methyl/N-ethyl adjacent to an activating group) is 2. The van der Waals surface area contributed by atoms with E-state index in [1.807, 2.05) is 14.0 Å². The molecule has 0 spiro atoms. The molecule has 9 heteroatoms. The molecule has 0 aromatic carbocycles. The highest BCUT2D eigenvalue weighted by Gasteiger charge is 2.19. The minimum absolute atomic E-state index is 0.832. The lowest BCUT2D eigenvalue weighted by molar-refractivity contribution is 0.328. The van der Waals surface area contributed by atoms with Gasteiger partial charge in [-0.15, -0.1) is 11.3 Å². The lowest BCUT2D eigenvalue weighted by Gasteiger charge is -2.16. The Kier molecular flexibility index (Phi) is 8.35. The summed E-state index contributed by atoms with van der Waals surface area (Å²) in [5.74, 6) is 0. The summed E-state index contributed by atoms with van der Waals surface area (Å²) in [6.45, 7) is 9.83. The van der Waals surface area contributed by atoms with Gasteiger partial charge in [0.2, 0.25) is 0 Å². The van der Waals surface area contributed by atoms with Crippen molar-refractivity contribution in [3.8, 4) is 10.7 Å². The van der Waals surface area contributed by atoms with Crippen molar-refractivity contribution in [3.05, 3.63) is 40.5 Å². The number of pyridine rings is 1. The Balaban J connectivity index is 2.01. The Labute approximate surface area is 190 Å². The maximum absolute atomic E-state index is 4.95. The number of nitrogens with one attached hydrogen (secondary N) is 3. The Morgan fingerprint density at radius 2 is 2.16 bits per heavy atom. The van der Waals surface area contributed by atoms with Crippen LogP contribution in [0, 0.1) is 6.92 Å². The van der Waals surface area contributed by atoms with Crippen LogP contribution in [0.1, 0.15) is 30.0 Å². The standard InChI is InChI=1S/C22H32N7PS/c1-7-17(27-24-8-2)20-21(30-6)26-22(31-20)19-15(3)25-18-10-9-16(14-29(18)19)13-28(5)12-11-23-4/h7,9-10,14,23-24,27H,6,8,11-13H2,1-5H3. The molecule has 0 unspecified atom stereocenters. The van der Waals surface area contributed by atoms with Crippen molar-refractivity contribution in [2.24, 2.45) is 0 Å². The van der Waals surface area contributed by atoms with Gasteiger partial charge in [-0.3, -0.25) is 4.40 Å². The molecule has 0 aliphatic heterocycles. The van der Waals surface area contributed by atoms with E-state index in [0.717, 1.165) is 72.4 Å².